The van der Waals surface area contributed by atoms with Crippen molar-refractivity contribution in [2.75, 3.05) is 16.8 Å². The average Bonchev–Trinajstić information content (AvgIpc) is 3.26. The molecule has 170 valence electrons. The lowest BCUT2D eigenvalue weighted by Crippen LogP contribution is -2.34. The Morgan fingerprint density at radius 3 is 2.73 bits per heavy atom. The molecule has 4 aromatic rings. The minimum atomic E-state index is -2.89. The number of alkyl halides is 2. The first-order chi connectivity index (χ1) is 15.9. The molecule has 5 rings (SSSR count). The molecule has 3 aromatic heterocycles. The summed E-state index contributed by atoms with van der Waals surface area (Å²) in [7, 11) is 0. The predicted molar refractivity (Wildman–Crippen MR) is 117 cm³/mol. The zero-order valence-corrected chi connectivity index (χ0v) is 18.0. The highest BCUT2D eigenvalue weighted by molar-refractivity contribution is 5.90. The molecular weight excluding hydrogens is 433 g/mol. The van der Waals surface area contributed by atoms with Gasteiger partial charge in [0.05, 0.1) is 36.4 Å². The number of fused-ring (bicyclic) bond motifs is 2. The predicted octanol–water partition coefficient (Wildman–Crippen LogP) is 4.19. The normalized spacial score (nSPS) is 14.5. The second-order valence-electron chi connectivity index (χ2n) is 7.92. The first-order valence-electron chi connectivity index (χ1n) is 10.5. The van der Waals surface area contributed by atoms with Gasteiger partial charge in [0.15, 0.2) is 0 Å². The number of nitrogens with one attached hydrogen (secondary N) is 1. The summed E-state index contributed by atoms with van der Waals surface area (Å²) in [4.78, 5) is 19.9. The van der Waals surface area contributed by atoms with Gasteiger partial charge in [-0.2, -0.15) is 5.10 Å². The molecule has 0 aliphatic carbocycles. The summed E-state index contributed by atoms with van der Waals surface area (Å²) in [5.41, 5.74) is 0.152. The van der Waals surface area contributed by atoms with Gasteiger partial charge >= 0.3 is 0 Å². The van der Waals surface area contributed by atoms with Crippen LogP contribution in [-0.2, 0) is 13.1 Å². The van der Waals surface area contributed by atoms with Gasteiger partial charge in [0.1, 0.15) is 35.4 Å². The van der Waals surface area contributed by atoms with Gasteiger partial charge in [0, 0.05) is 17.5 Å². The molecule has 0 radical (unpaired) electrons. The van der Waals surface area contributed by atoms with E-state index in [-0.39, 0.29) is 5.56 Å². The van der Waals surface area contributed by atoms with Crippen LogP contribution in [0.3, 0.4) is 0 Å². The van der Waals surface area contributed by atoms with Gasteiger partial charge in [-0.15, -0.1) is 0 Å². The molecule has 1 aliphatic heterocycles. The Morgan fingerprint density at radius 1 is 1.09 bits per heavy atom. The fourth-order valence-electron chi connectivity index (χ4n) is 4.03. The van der Waals surface area contributed by atoms with Crippen molar-refractivity contribution < 1.29 is 13.2 Å². The van der Waals surface area contributed by atoms with Crippen molar-refractivity contribution in [1.82, 2.24) is 29.7 Å². The van der Waals surface area contributed by atoms with Gasteiger partial charge in [-0.3, -0.25) is 0 Å². The van der Waals surface area contributed by atoms with Gasteiger partial charge in [-0.25, -0.2) is 37.8 Å². The Kier molecular flexibility index (Phi) is 5.31. The fraction of sp³-hybridized carbons (Fsp3) is 0.318. The van der Waals surface area contributed by atoms with E-state index in [0.29, 0.717) is 42.2 Å². The van der Waals surface area contributed by atoms with Crippen LogP contribution >= 0.6 is 0 Å². The number of aromatic nitrogens is 6. The number of benzene rings is 1. The summed E-state index contributed by atoms with van der Waals surface area (Å²) >= 11 is 0. The largest absolute Gasteiger partial charge is 0.363 e. The van der Waals surface area contributed by atoms with Crippen LogP contribution in [0, 0.1) is 12.7 Å². The van der Waals surface area contributed by atoms with E-state index >= 15 is 0 Å². The number of hydrogen-bond donors (Lipinski definition) is 1. The van der Waals surface area contributed by atoms with Crippen LogP contribution in [0.25, 0.3) is 10.9 Å². The quantitative estimate of drug-likeness (QED) is 0.484. The van der Waals surface area contributed by atoms with Crippen molar-refractivity contribution in [3.63, 3.8) is 0 Å². The van der Waals surface area contributed by atoms with Crippen molar-refractivity contribution in [2.24, 2.45) is 0 Å². The third-order valence-electron chi connectivity index (χ3n) is 5.73. The van der Waals surface area contributed by atoms with E-state index < -0.39 is 23.8 Å². The highest BCUT2D eigenvalue weighted by Crippen LogP contribution is 2.31. The Morgan fingerprint density at radius 2 is 1.91 bits per heavy atom. The summed E-state index contributed by atoms with van der Waals surface area (Å²) < 4.78 is 42.9. The molecule has 1 atom stereocenters. The standard InChI is InChI=1S/C22H21F3N8/c1-12(14-4-3-5-15(20(14)23)21(24)25)29-22-16-8-18(26-9-17(16)30-13(2)31-22)32-6-7-33-19(10-32)27-11-28-33/h3-5,8-9,11-12,21H,6-7,10H2,1-2H3,(H,29,30,31)/t12-/m1/s1. The molecule has 0 amide bonds. The van der Waals surface area contributed by atoms with Crippen LogP contribution in [0.1, 0.15) is 42.2 Å². The number of aryl methyl sites for hydroxylation is 1. The number of nitrogens with zero attached hydrogens (tertiary/aromatic N) is 7. The van der Waals surface area contributed by atoms with Crippen LogP contribution in [0.5, 0.6) is 0 Å². The van der Waals surface area contributed by atoms with Crippen molar-refractivity contribution in [3.8, 4) is 0 Å². The number of anilines is 2. The Hall–Kier alpha value is -3.76. The van der Waals surface area contributed by atoms with E-state index in [4.69, 9.17) is 0 Å². The lowest BCUT2D eigenvalue weighted by atomic mass is 10.0. The van der Waals surface area contributed by atoms with E-state index in [1.807, 2.05) is 10.7 Å². The second kappa shape index (κ2) is 8.30. The lowest BCUT2D eigenvalue weighted by Gasteiger charge is -2.28. The lowest BCUT2D eigenvalue weighted by molar-refractivity contribution is 0.146. The molecule has 11 heteroatoms. The van der Waals surface area contributed by atoms with Gasteiger partial charge < -0.3 is 10.2 Å². The van der Waals surface area contributed by atoms with Crippen molar-refractivity contribution in [3.05, 3.63) is 65.4 Å². The first kappa shape index (κ1) is 21.1. The number of hydrogen-bond acceptors (Lipinski definition) is 7. The van der Waals surface area contributed by atoms with Crippen molar-refractivity contribution >= 4 is 22.5 Å². The summed E-state index contributed by atoms with van der Waals surface area (Å²) in [6.07, 6.45) is 0.324. The summed E-state index contributed by atoms with van der Waals surface area (Å²) in [6, 6.07) is 5.29. The highest BCUT2D eigenvalue weighted by Gasteiger charge is 2.22. The minimum Gasteiger partial charge on any atom is -0.363 e. The highest BCUT2D eigenvalue weighted by atomic mass is 19.3. The third kappa shape index (κ3) is 3.94. The maximum absolute atomic E-state index is 14.7. The second-order valence-corrected chi connectivity index (χ2v) is 7.92. The molecule has 0 fully saturated rings. The fourth-order valence-corrected chi connectivity index (χ4v) is 4.03. The molecule has 1 N–H and O–H groups in total. The molecule has 8 nitrogen and oxygen atoms in total. The zero-order chi connectivity index (χ0) is 23.1. The molecule has 0 saturated carbocycles. The van der Waals surface area contributed by atoms with E-state index in [0.717, 1.165) is 17.7 Å². The Bertz CT molecular complexity index is 1320. The van der Waals surface area contributed by atoms with Crippen LogP contribution in [0.4, 0.5) is 24.8 Å². The third-order valence-corrected chi connectivity index (χ3v) is 5.73. The molecular formula is C22H21F3N8. The SMILES string of the molecule is Cc1nc(N[C@H](C)c2cccc(C(F)F)c2F)c2cc(N3CCn4ncnc4C3)ncc2n1. The molecule has 0 spiro atoms. The van der Waals surface area contributed by atoms with Crippen LogP contribution in [-0.4, -0.2) is 36.3 Å². The van der Waals surface area contributed by atoms with Crippen LogP contribution < -0.4 is 10.2 Å². The van der Waals surface area contributed by atoms with Gasteiger partial charge in [-0.1, -0.05) is 18.2 Å². The van der Waals surface area contributed by atoms with Gasteiger partial charge in [-0.05, 0) is 19.9 Å². The monoisotopic (exact) mass is 454 g/mol. The molecule has 1 aromatic carbocycles. The maximum Gasteiger partial charge on any atom is 0.266 e. The number of halogens is 3. The summed E-state index contributed by atoms with van der Waals surface area (Å²) in [5.74, 6) is 1.66. The number of pyridine rings is 1. The van der Waals surface area contributed by atoms with Gasteiger partial charge in [0.25, 0.3) is 6.43 Å². The molecule has 0 bridgehead atoms. The topological polar surface area (TPSA) is 84.7 Å². The van der Waals surface area contributed by atoms with E-state index in [2.05, 4.69) is 35.3 Å². The van der Waals surface area contributed by atoms with Crippen molar-refractivity contribution in [2.45, 2.75) is 39.4 Å². The van der Waals surface area contributed by atoms with E-state index in [1.165, 1.54) is 18.5 Å². The minimum absolute atomic E-state index is 0.141. The van der Waals surface area contributed by atoms with E-state index in [1.54, 1.807) is 20.0 Å². The first-order valence-corrected chi connectivity index (χ1v) is 10.5. The molecule has 0 saturated heterocycles. The zero-order valence-electron chi connectivity index (χ0n) is 18.0. The van der Waals surface area contributed by atoms with Crippen LogP contribution in [0.15, 0.2) is 36.8 Å². The molecule has 1 aliphatic rings. The van der Waals surface area contributed by atoms with Gasteiger partial charge in [0.2, 0.25) is 0 Å². The van der Waals surface area contributed by atoms with Crippen molar-refractivity contribution in [1.29, 1.82) is 0 Å². The average molecular weight is 454 g/mol. The number of rotatable bonds is 5. The van der Waals surface area contributed by atoms with Crippen LogP contribution in [0.2, 0.25) is 0 Å². The Balaban J connectivity index is 1.49. The summed E-state index contributed by atoms with van der Waals surface area (Å²) in [5, 5.41) is 8.08. The molecule has 33 heavy (non-hydrogen) atoms. The molecule has 4 heterocycles. The van der Waals surface area contributed by atoms with E-state index in [9.17, 15) is 13.2 Å². The summed E-state index contributed by atoms with van der Waals surface area (Å²) in [6.45, 7) is 5.43. The smallest absolute Gasteiger partial charge is 0.266 e. The maximum atomic E-state index is 14.7. The molecule has 0 unspecified atom stereocenters. The Labute approximate surface area is 187 Å².